The SMILES string of the molecule is CCCCCCCCCCCCCCCCOCC(COP(=O)([O-])OCCC)OCCCCCCCCCCCCCCCC. The quantitative estimate of drug-likeness (QED) is 0.0482. The number of rotatable bonds is 39. The lowest BCUT2D eigenvalue weighted by molar-refractivity contribution is -0.228. The first-order valence-corrected chi connectivity index (χ1v) is 21.3. The molecule has 0 saturated carbocycles. The molecule has 0 radical (unpaired) electrons. The van der Waals surface area contributed by atoms with Gasteiger partial charge in [-0.2, -0.15) is 0 Å². The Morgan fingerprint density at radius 3 is 1.16 bits per heavy atom. The van der Waals surface area contributed by atoms with Crippen LogP contribution in [0.2, 0.25) is 0 Å². The van der Waals surface area contributed by atoms with E-state index in [1.54, 1.807) is 0 Å². The van der Waals surface area contributed by atoms with Gasteiger partial charge in [-0.05, 0) is 19.3 Å². The molecule has 0 rings (SSSR count). The first-order valence-electron chi connectivity index (χ1n) is 19.8. The standard InChI is InChI=1S/C38H79O6P/c1-4-7-9-11-13-15-17-19-21-23-25-27-29-31-34-41-36-38(37-44-45(39,40)43-33-6-3)42-35-32-30-28-26-24-22-20-18-16-14-12-10-8-5-2/h38H,4-37H2,1-3H3,(H,39,40)/p-1. The first kappa shape index (κ1) is 45.0. The van der Waals surface area contributed by atoms with Crippen molar-refractivity contribution in [2.75, 3.05) is 33.0 Å². The maximum atomic E-state index is 12.0. The maximum Gasteiger partial charge on any atom is 0.267 e. The average molecular weight is 662 g/mol. The Labute approximate surface area is 281 Å². The Kier molecular flexibility index (Phi) is 36.9. The third-order valence-electron chi connectivity index (χ3n) is 8.67. The molecular weight excluding hydrogens is 583 g/mol. The van der Waals surface area contributed by atoms with Crippen molar-refractivity contribution in [3.63, 3.8) is 0 Å². The molecule has 0 aromatic rings. The minimum absolute atomic E-state index is 0.0537. The van der Waals surface area contributed by atoms with E-state index >= 15 is 0 Å². The van der Waals surface area contributed by atoms with E-state index in [4.69, 9.17) is 18.5 Å². The molecule has 0 heterocycles. The fraction of sp³-hybridized carbons (Fsp3) is 1.00. The molecule has 45 heavy (non-hydrogen) atoms. The molecule has 0 N–H and O–H groups in total. The first-order chi connectivity index (χ1) is 22.1. The lowest BCUT2D eigenvalue weighted by Crippen LogP contribution is -2.27. The molecule has 0 bridgehead atoms. The fourth-order valence-electron chi connectivity index (χ4n) is 5.72. The number of phosphoric acid groups is 1. The van der Waals surface area contributed by atoms with Gasteiger partial charge in [0, 0.05) is 13.2 Å². The van der Waals surface area contributed by atoms with E-state index in [2.05, 4.69) is 13.8 Å². The summed E-state index contributed by atoms with van der Waals surface area (Å²) >= 11 is 0. The molecule has 2 unspecified atom stereocenters. The average Bonchev–Trinajstić information content (AvgIpc) is 3.03. The molecule has 0 aliphatic carbocycles. The summed E-state index contributed by atoms with van der Waals surface area (Å²) in [6.45, 7) is 8.14. The van der Waals surface area contributed by atoms with Crippen molar-refractivity contribution in [2.24, 2.45) is 0 Å². The summed E-state index contributed by atoms with van der Waals surface area (Å²) < 4.78 is 33.9. The minimum Gasteiger partial charge on any atom is -0.756 e. The van der Waals surface area contributed by atoms with Crippen molar-refractivity contribution in [3.05, 3.63) is 0 Å². The highest BCUT2D eigenvalue weighted by atomic mass is 31.2. The number of phosphoric ester groups is 1. The summed E-state index contributed by atoms with van der Waals surface area (Å²) in [7, 11) is -4.30. The van der Waals surface area contributed by atoms with Crippen molar-refractivity contribution in [3.8, 4) is 0 Å². The molecule has 0 aromatic carbocycles. The van der Waals surface area contributed by atoms with Crippen molar-refractivity contribution < 1.29 is 28.0 Å². The Bertz CT molecular complexity index is 605. The highest BCUT2D eigenvalue weighted by Gasteiger charge is 2.16. The topological polar surface area (TPSA) is 77.1 Å². The van der Waals surface area contributed by atoms with Crippen LogP contribution in [0.4, 0.5) is 0 Å². The van der Waals surface area contributed by atoms with E-state index in [1.807, 2.05) is 6.92 Å². The van der Waals surface area contributed by atoms with Crippen LogP contribution < -0.4 is 4.89 Å². The second-order valence-corrected chi connectivity index (χ2v) is 14.7. The van der Waals surface area contributed by atoms with E-state index < -0.39 is 13.9 Å². The van der Waals surface area contributed by atoms with Crippen LogP contribution in [-0.2, 0) is 23.1 Å². The fourth-order valence-corrected chi connectivity index (χ4v) is 6.55. The molecule has 0 amide bonds. The number of hydrogen-bond donors (Lipinski definition) is 0. The van der Waals surface area contributed by atoms with Gasteiger partial charge < -0.3 is 23.4 Å². The summed E-state index contributed by atoms with van der Waals surface area (Å²) in [6.07, 6.45) is 37.4. The molecule has 2 atom stereocenters. The van der Waals surface area contributed by atoms with Crippen LogP contribution in [0.5, 0.6) is 0 Å². The molecule has 0 aliphatic heterocycles. The molecule has 272 valence electrons. The third-order valence-corrected chi connectivity index (χ3v) is 9.63. The third kappa shape index (κ3) is 36.7. The molecule has 0 aromatic heterocycles. The van der Waals surface area contributed by atoms with Gasteiger partial charge in [0.2, 0.25) is 0 Å². The molecule has 0 saturated heterocycles. The smallest absolute Gasteiger partial charge is 0.267 e. The van der Waals surface area contributed by atoms with Gasteiger partial charge in [0.05, 0.1) is 19.8 Å². The number of unbranched alkanes of at least 4 members (excludes halogenated alkanes) is 26. The lowest BCUT2D eigenvalue weighted by atomic mass is 10.0. The highest BCUT2D eigenvalue weighted by molar-refractivity contribution is 7.45. The van der Waals surface area contributed by atoms with Gasteiger partial charge in [0.15, 0.2) is 0 Å². The summed E-state index contributed by atoms with van der Waals surface area (Å²) in [5, 5.41) is 0. The van der Waals surface area contributed by atoms with Crippen molar-refractivity contribution in [2.45, 2.75) is 213 Å². The molecule has 0 fully saturated rings. The van der Waals surface area contributed by atoms with E-state index in [-0.39, 0.29) is 13.2 Å². The highest BCUT2D eigenvalue weighted by Crippen LogP contribution is 2.38. The number of hydrogen-bond acceptors (Lipinski definition) is 6. The van der Waals surface area contributed by atoms with Crippen molar-refractivity contribution in [1.29, 1.82) is 0 Å². The monoisotopic (exact) mass is 662 g/mol. The van der Waals surface area contributed by atoms with Gasteiger partial charge in [-0.15, -0.1) is 0 Å². The number of ether oxygens (including phenoxy) is 2. The van der Waals surface area contributed by atoms with Crippen LogP contribution in [-0.4, -0.2) is 39.1 Å². The van der Waals surface area contributed by atoms with Crippen LogP contribution in [0.15, 0.2) is 0 Å². The largest absolute Gasteiger partial charge is 0.756 e. The predicted octanol–water partition coefficient (Wildman–Crippen LogP) is 12.3. The molecular formula is C38H78O6P-. The van der Waals surface area contributed by atoms with Crippen LogP contribution in [0.25, 0.3) is 0 Å². The van der Waals surface area contributed by atoms with E-state index in [1.165, 1.54) is 161 Å². The van der Waals surface area contributed by atoms with E-state index in [9.17, 15) is 9.46 Å². The zero-order chi connectivity index (χ0) is 32.9. The van der Waals surface area contributed by atoms with Crippen molar-refractivity contribution >= 4 is 7.82 Å². The molecule has 6 nitrogen and oxygen atoms in total. The minimum atomic E-state index is -4.30. The summed E-state index contributed by atoms with van der Waals surface area (Å²) in [5.41, 5.74) is 0. The van der Waals surface area contributed by atoms with E-state index in [0.717, 1.165) is 19.3 Å². The van der Waals surface area contributed by atoms with Gasteiger partial charge in [-0.25, -0.2) is 0 Å². The van der Waals surface area contributed by atoms with Crippen LogP contribution >= 0.6 is 7.82 Å². The molecule has 7 heteroatoms. The molecule has 0 aliphatic rings. The zero-order valence-corrected chi connectivity index (χ0v) is 31.4. The second-order valence-electron chi connectivity index (χ2n) is 13.3. The Balaban J connectivity index is 3.89. The van der Waals surface area contributed by atoms with Crippen molar-refractivity contribution in [1.82, 2.24) is 0 Å². The lowest BCUT2D eigenvalue weighted by Gasteiger charge is -2.25. The Morgan fingerprint density at radius 1 is 0.422 bits per heavy atom. The van der Waals surface area contributed by atoms with Crippen LogP contribution in [0.3, 0.4) is 0 Å². The maximum absolute atomic E-state index is 12.0. The van der Waals surface area contributed by atoms with Crippen LogP contribution in [0, 0.1) is 0 Å². The van der Waals surface area contributed by atoms with Gasteiger partial charge in [-0.1, -0.05) is 188 Å². The summed E-state index contributed by atoms with van der Waals surface area (Å²) in [4.78, 5) is 12.0. The summed E-state index contributed by atoms with van der Waals surface area (Å²) in [5.74, 6) is 0. The van der Waals surface area contributed by atoms with E-state index in [0.29, 0.717) is 26.2 Å². The second kappa shape index (κ2) is 36.9. The predicted molar refractivity (Wildman–Crippen MR) is 191 cm³/mol. The Morgan fingerprint density at radius 2 is 0.778 bits per heavy atom. The van der Waals surface area contributed by atoms with Gasteiger partial charge in [0.1, 0.15) is 6.10 Å². The van der Waals surface area contributed by atoms with Gasteiger partial charge in [-0.3, -0.25) is 4.57 Å². The Hall–Kier alpha value is 0.0300. The van der Waals surface area contributed by atoms with Crippen LogP contribution in [0.1, 0.15) is 207 Å². The summed E-state index contributed by atoms with van der Waals surface area (Å²) in [6, 6.07) is 0. The van der Waals surface area contributed by atoms with Gasteiger partial charge >= 0.3 is 0 Å². The molecule has 0 spiro atoms. The normalized spacial score (nSPS) is 13.8. The zero-order valence-electron chi connectivity index (χ0n) is 30.5. The van der Waals surface area contributed by atoms with Gasteiger partial charge in [0.25, 0.3) is 7.82 Å².